The molecule has 2 N–H and O–H groups in total. The van der Waals surface area contributed by atoms with Gasteiger partial charge in [0.1, 0.15) is 17.4 Å². The van der Waals surface area contributed by atoms with Crippen molar-refractivity contribution in [2.45, 2.75) is 31.1 Å². The molecule has 4 heterocycles. The number of nitrogens with zero attached hydrogens (tertiary/aromatic N) is 2. The largest absolute Gasteiger partial charge is 0.489 e. The van der Waals surface area contributed by atoms with E-state index >= 15 is 0 Å². The van der Waals surface area contributed by atoms with Crippen LogP contribution in [0.25, 0.3) is 11.1 Å². The van der Waals surface area contributed by atoms with Gasteiger partial charge in [0.25, 0.3) is 0 Å². The summed E-state index contributed by atoms with van der Waals surface area (Å²) in [7, 11) is 0. The zero-order valence-corrected chi connectivity index (χ0v) is 16.5. The Morgan fingerprint density at radius 2 is 2.15 bits per heavy atom. The summed E-state index contributed by atoms with van der Waals surface area (Å²) in [5, 5.41) is 1.25. The number of nitrogens with two attached hydrogens (primary N) is 1. The Kier molecular flexibility index (Phi) is 4.11. The quantitative estimate of drug-likeness (QED) is 0.786. The average Bonchev–Trinajstić information content (AvgIpc) is 3.04. The van der Waals surface area contributed by atoms with Crippen molar-refractivity contribution in [3.05, 3.63) is 47.2 Å². The molecule has 1 spiro atoms. The molecule has 0 radical (unpaired) electrons. The molecule has 0 saturated carbocycles. The van der Waals surface area contributed by atoms with Crippen LogP contribution in [0.2, 0.25) is 5.02 Å². The molecule has 5 nitrogen and oxygen atoms in total. The number of pyridine rings is 1. The number of amidine groups is 1. The van der Waals surface area contributed by atoms with Crippen LogP contribution in [0, 0.1) is 5.92 Å². The number of rotatable bonds is 1. The molecular weight excluding hydrogens is 382 g/mol. The van der Waals surface area contributed by atoms with E-state index in [1.807, 2.05) is 18.3 Å². The van der Waals surface area contributed by atoms with E-state index in [9.17, 15) is 0 Å². The molecule has 7 heteroatoms. The van der Waals surface area contributed by atoms with E-state index in [0.717, 1.165) is 34.6 Å². The molecule has 140 valence electrons. The summed E-state index contributed by atoms with van der Waals surface area (Å²) in [6.45, 7) is 2.83. The van der Waals surface area contributed by atoms with Crippen LogP contribution in [0.5, 0.6) is 5.75 Å². The van der Waals surface area contributed by atoms with Crippen molar-refractivity contribution in [2.75, 3.05) is 12.4 Å². The number of hydrogen-bond donors (Lipinski definition) is 1. The minimum atomic E-state index is -0.422. The van der Waals surface area contributed by atoms with Gasteiger partial charge in [-0.3, -0.25) is 4.98 Å². The summed E-state index contributed by atoms with van der Waals surface area (Å²) >= 11 is 7.75. The van der Waals surface area contributed by atoms with Gasteiger partial charge < -0.3 is 15.2 Å². The van der Waals surface area contributed by atoms with Gasteiger partial charge in [-0.2, -0.15) is 0 Å². The highest BCUT2D eigenvalue weighted by Crippen LogP contribution is 2.54. The standard InChI is InChI=1S/C20H20ClN3O2S/c1-11-18-17(4-5-25-11)26-16-3-2-12(13-6-14(21)9-23-8-13)7-15(16)20(18)10-27-19(22)24-20/h2-3,6-9,11,17-18H,4-5,10H2,1H3,(H2,22,24)/t11-,17-,18?,20+/m1/s1. The second-order valence-electron chi connectivity index (χ2n) is 7.31. The number of ether oxygens (including phenoxy) is 2. The van der Waals surface area contributed by atoms with Gasteiger partial charge >= 0.3 is 0 Å². The number of benzene rings is 1. The third-order valence-corrected chi connectivity index (χ3v) is 6.93. The van der Waals surface area contributed by atoms with Crippen LogP contribution in [0.3, 0.4) is 0 Å². The topological polar surface area (TPSA) is 69.7 Å². The highest BCUT2D eigenvalue weighted by atomic mass is 35.5. The fourth-order valence-corrected chi connectivity index (χ4v) is 5.78. The monoisotopic (exact) mass is 401 g/mol. The highest BCUT2D eigenvalue weighted by Gasteiger charge is 2.56. The third kappa shape index (κ3) is 2.73. The van der Waals surface area contributed by atoms with E-state index in [1.54, 1.807) is 18.0 Å². The van der Waals surface area contributed by atoms with Gasteiger partial charge in [0.05, 0.1) is 23.7 Å². The Hall–Kier alpha value is -1.76. The lowest BCUT2D eigenvalue weighted by molar-refractivity contribution is -0.108. The van der Waals surface area contributed by atoms with Gasteiger partial charge in [0.15, 0.2) is 5.17 Å². The van der Waals surface area contributed by atoms with Crippen molar-refractivity contribution in [3.8, 4) is 16.9 Å². The third-order valence-electron chi connectivity index (χ3n) is 5.75. The summed E-state index contributed by atoms with van der Waals surface area (Å²) in [4.78, 5) is 9.18. The van der Waals surface area contributed by atoms with Crippen LogP contribution in [-0.2, 0) is 10.3 Å². The van der Waals surface area contributed by atoms with E-state index in [2.05, 4.69) is 24.0 Å². The first-order chi connectivity index (χ1) is 13.1. The second kappa shape index (κ2) is 6.40. The SMILES string of the molecule is C[C@H]1OCC[C@H]2Oc3ccc(-c4cncc(Cl)c4)cc3[C@@]3(CSC(N)=N3)C12. The molecule has 3 aliphatic rings. The summed E-state index contributed by atoms with van der Waals surface area (Å²) < 4.78 is 12.4. The average molecular weight is 402 g/mol. The predicted octanol–water partition coefficient (Wildman–Crippen LogP) is 3.84. The van der Waals surface area contributed by atoms with E-state index < -0.39 is 5.54 Å². The minimum absolute atomic E-state index is 0.0589. The molecule has 1 aromatic carbocycles. The van der Waals surface area contributed by atoms with Crippen molar-refractivity contribution in [2.24, 2.45) is 16.6 Å². The van der Waals surface area contributed by atoms with Crippen molar-refractivity contribution < 1.29 is 9.47 Å². The number of thioether (sulfide) groups is 1. The zero-order chi connectivity index (χ0) is 18.6. The van der Waals surface area contributed by atoms with E-state index in [1.165, 1.54) is 0 Å². The normalized spacial score (nSPS) is 31.8. The zero-order valence-electron chi connectivity index (χ0n) is 14.9. The van der Waals surface area contributed by atoms with E-state index in [0.29, 0.717) is 16.8 Å². The molecule has 2 aromatic rings. The van der Waals surface area contributed by atoms with Crippen molar-refractivity contribution in [3.63, 3.8) is 0 Å². The molecule has 27 heavy (non-hydrogen) atoms. The van der Waals surface area contributed by atoms with Crippen LogP contribution in [-0.4, -0.2) is 34.7 Å². The minimum Gasteiger partial charge on any atom is -0.489 e. The fraction of sp³-hybridized carbons (Fsp3) is 0.400. The second-order valence-corrected chi connectivity index (χ2v) is 8.74. The van der Waals surface area contributed by atoms with Gasteiger partial charge in [0, 0.05) is 35.7 Å². The first kappa shape index (κ1) is 17.3. The lowest BCUT2D eigenvalue weighted by atomic mass is 9.70. The Bertz CT molecular complexity index is 937. The predicted molar refractivity (Wildman–Crippen MR) is 108 cm³/mol. The van der Waals surface area contributed by atoms with Crippen LogP contribution < -0.4 is 10.5 Å². The highest BCUT2D eigenvalue weighted by molar-refractivity contribution is 8.14. The van der Waals surface area contributed by atoms with Gasteiger partial charge in [0.2, 0.25) is 0 Å². The molecular formula is C20H20ClN3O2S. The van der Waals surface area contributed by atoms with Gasteiger partial charge in [-0.1, -0.05) is 29.4 Å². The molecule has 3 aliphatic heterocycles. The van der Waals surface area contributed by atoms with Crippen molar-refractivity contribution >= 4 is 28.5 Å². The molecule has 1 unspecified atom stereocenters. The molecule has 0 aliphatic carbocycles. The Labute approximate surface area is 167 Å². The van der Waals surface area contributed by atoms with Crippen molar-refractivity contribution in [1.29, 1.82) is 0 Å². The lowest BCUT2D eigenvalue weighted by Gasteiger charge is -2.49. The van der Waals surface area contributed by atoms with Crippen LogP contribution in [0.4, 0.5) is 0 Å². The maximum absolute atomic E-state index is 6.40. The first-order valence-electron chi connectivity index (χ1n) is 9.09. The molecule has 1 fully saturated rings. The first-order valence-corrected chi connectivity index (χ1v) is 10.4. The number of halogens is 1. The molecule has 1 aromatic heterocycles. The molecule has 0 amide bonds. The van der Waals surface area contributed by atoms with Crippen LogP contribution >= 0.6 is 23.4 Å². The Morgan fingerprint density at radius 3 is 2.93 bits per heavy atom. The van der Waals surface area contributed by atoms with Crippen LogP contribution in [0.1, 0.15) is 18.9 Å². The summed E-state index contributed by atoms with van der Waals surface area (Å²) in [6.07, 6.45) is 4.48. The van der Waals surface area contributed by atoms with Crippen LogP contribution in [0.15, 0.2) is 41.7 Å². The Balaban J connectivity index is 1.69. The molecule has 1 saturated heterocycles. The summed E-state index contributed by atoms with van der Waals surface area (Å²) in [5.74, 6) is 1.84. The fourth-order valence-electron chi connectivity index (χ4n) is 4.60. The number of aromatic nitrogens is 1. The lowest BCUT2D eigenvalue weighted by Crippen LogP contribution is -2.55. The van der Waals surface area contributed by atoms with Gasteiger partial charge in [-0.25, -0.2) is 4.99 Å². The summed E-state index contributed by atoms with van der Waals surface area (Å²) in [6, 6.07) is 8.17. The van der Waals surface area contributed by atoms with E-state index in [-0.39, 0.29) is 18.1 Å². The van der Waals surface area contributed by atoms with Gasteiger partial charge in [-0.05, 0) is 30.7 Å². The maximum Gasteiger partial charge on any atom is 0.154 e. The molecule has 5 rings (SSSR count). The number of aliphatic imine (C=N–C) groups is 1. The maximum atomic E-state index is 6.40. The number of hydrogen-bond acceptors (Lipinski definition) is 6. The number of fused-ring (bicyclic) bond motifs is 4. The van der Waals surface area contributed by atoms with Crippen molar-refractivity contribution in [1.82, 2.24) is 4.98 Å². The van der Waals surface area contributed by atoms with Gasteiger partial charge in [-0.15, -0.1) is 0 Å². The summed E-state index contributed by atoms with van der Waals surface area (Å²) in [5.41, 5.74) is 8.80. The van der Waals surface area contributed by atoms with E-state index in [4.69, 9.17) is 31.8 Å². The smallest absolute Gasteiger partial charge is 0.154 e. The molecule has 0 bridgehead atoms. The molecule has 4 atom stereocenters. The Morgan fingerprint density at radius 1 is 1.26 bits per heavy atom.